The lowest BCUT2D eigenvalue weighted by atomic mass is 9.98. The zero-order chi connectivity index (χ0) is 14.2. The first-order chi connectivity index (χ1) is 8.90. The van der Waals surface area contributed by atoms with Crippen LogP contribution in [0.5, 0.6) is 5.75 Å². The number of aromatic hydroxyl groups is 1. The van der Waals surface area contributed by atoms with Gasteiger partial charge in [-0.25, -0.2) is 4.39 Å². The Morgan fingerprint density at radius 3 is 2.58 bits per heavy atom. The fraction of sp³-hybridized carbons (Fsp3) is 0.0667. The van der Waals surface area contributed by atoms with Crippen LogP contribution in [0.15, 0.2) is 41.4 Å². The van der Waals surface area contributed by atoms with Gasteiger partial charge in [-0.1, -0.05) is 46.2 Å². The maximum Gasteiger partial charge on any atom is 0.128 e. The molecule has 2 aromatic carbocycles. The molecule has 2 aromatic rings. The van der Waals surface area contributed by atoms with Gasteiger partial charge in [0, 0.05) is 16.1 Å². The Morgan fingerprint density at radius 2 is 2.00 bits per heavy atom. The van der Waals surface area contributed by atoms with E-state index in [0.717, 1.165) is 27.7 Å². The smallest absolute Gasteiger partial charge is 0.128 e. The van der Waals surface area contributed by atoms with Crippen LogP contribution in [0.1, 0.15) is 16.7 Å². The summed E-state index contributed by atoms with van der Waals surface area (Å²) in [6.45, 7) is 5.91. The summed E-state index contributed by atoms with van der Waals surface area (Å²) in [5, 5.41) is 9.98. The minimum absolute atomic E-state index is 0.134. The highest BCUT2D eigenvalue weighted by Crippen LogP contribution is 2.38. The molecule has 0 aliphatic heterocycles. The molecular formula is C15H11BrClFO. The summed E-state index contributed by atoms with van der Waals surface area (Å²) in [7, 11) is 0. The molecule has 0 aromatic heterocycles. The van der Waals surface area contributed by atoms with Crippen molar-refractivity contribution in [1.82, 2.24) is 0 Å². The second-order valence-corrected chi connectivity index (χ2v) is 5.51. The van der Waals surface area contributed by atoms with E-state index in [1.165, 1.54) is 0 Å². The summed E-state index contributed by atoms with van der Waals surface area (Å²) in [5.41, 5.74) is 2.77. The minimum Gasteiger partial charge on any atom is -0.507 e. The molecule has 0 saturated carbocycles. The fourth-order valence-electron chi connectivity index (χ4n) is 1.86. The van der Waals surface area contributed by atoms with E-state index < -0.39 is 5.82 Å². The van der Waals surface area contributed by atoms with E-state index in [4.69, 9.17) is 11.6 Å². The van der Waals surface area contributed by atoms with Gasteiger partial charge >= 0.3 is 0 Å². The molecule has 0 amide bonds. The highest BCUT2D eigenvalue weighted by molar-refractivity contribution is 9.10. The Bertz CT molecular complexity index is 644. The summed E-state index contributed by atoms with van der Waals surface area (Å²) in [6.07, 6.45) is 0. The van der Waals surface area contributed by atoms with Gasteiger partial charge in [-0.2, -0.15) is 0 Å². The number of phenols is 1. The standard InChI is InChI=1S/C15H11BrClFO/c1-8-3-4-11(12(16)5-8)9(2)15-13(17)6-10(18)7-14(15)19/h3-7,19H,2H2,1H3. The van der Waals surface area contributed by atoms with Crippen molar-refractivity contribution in [3.63, 3.8) is 0 Å². The summed E-state index contributed by atoms with van der Waals surface area (Å²) < 4.78 is 14.0. The summed E-state index contributed by atoms with van der Waals surface area (Å²) in [5.74, 6) is -0.801. The number of hydrogen-bond donors (Lipinski definition) is 1. The molecule has 1 nitrogen and oxygen atoms in total. The second-order valence-electron chi connectivity index (χ2n) is 4.24. The van der Waals surface area contributed by atoms with E-state index >= 15 is 0 Å². The highest BCUT2D eigenvalue weighted by Gasteiger charge is 2.15. The van der Waals surface area contributed by atoms with E-state index in [0.29, 0.717) is 11.1 Å². The van der Waals surface area contributed by atoms with Gasteiger partial charge in [0.1, 0.15) is 11.6 Å². The van der Waals surface area contributed by atoms with Crippen molar-refractivity contribution in [2.75, 3.05) is 0 Å². The molecule has 2 rings (SSSR count). The highest BCUT2D eigenvalue weighted by atomic mass is 79.9. The van der Waals surface area contributed by atoms with Crippen LogP contribution in [0, 0.1) is 12.7 Å². The molecule has 0 aliphatic carbocycles. The molecule has 0 aliphatic rings. The van der Waals surface area contributed by atoms with Crippen molar-refractivity contribution in [3.05, 3.63) is 68.9 Å². The van der Waals surface area contributed by atoms with Crippen LogP contribution in [0.2, 0.25) is 5.02 Å². The van der Waals surface area contributed by atoms with Gasteiger partial charge in [-0.05, 0) is 35.8 Å². The Hall–Kier alpha value is -1.32. The molecule has 1 N–H and O–H groups in total. The number of halogens is 3. The van der Waals surface area contributed by atoms with Gasteiger partial charge in [0.05, 0.1) is 5.02 Å². The lowest BCUT2D eigenvalue weighted by molar-refractivity contribution is 0.467. The monoisotopic (exact) mass is 340 g/mol. The molecule has 0 saturated heterocycles. The van der Waals surface area contributed by atoms with Gasteiger partial charge in [-0.3, -0.25) is 0 Å². The zero-order valence-corrected chi connectivity index (χ0v) is 12.5. The Morgan fingerprint density at radius 1 is 1.32 bits per heavy atom. The van der Waals surface area contributed by atoms with Gasteiger partial charge in [0.2, 0.25) is 0 Å². The Balaban J connectivity index is 2.56. The van der Waals surface area contributed by atoms with Crippen LogP contribution >= 0.6 is 27.5 Å². The maximum atomic E-state index is 13.1. The second kappa shape index (κ2) is 5.35. The van der Waals surface area contributed by atoms with Crippen LogP contribution in [0.3, 0.4) is 0 Å². The van der Waals surface area contributed by atoms with Crippen LogP contribution in [-0.2, 0) is 0 Å². The molecule has 0 fully saturated rings. The lowest BCUT2D eigenvalue weighted by Gasteiger charge is -2.13. The first kappa shape index (κ1) is 14.1. The molecular weight excluding hydrogens is 331 g/mol. The van der Waals surface area contributed by atoms with Crippen molar-refractivity contribution in [2.45, 2.75) is 6.92 Å². The van der Waals surface area contributed by atoms with Gasteiger partial charge < -0.3 is 5.11 Å². The lowest BCUT2D eigenvalue weighted by Crippen LogP contribution is -1.92. The van der Waals surface area contributed by atoms with Crippen molar-refractivity contribution in [1.29, 1.82) is 0 Å². The third-order valence-corrected chi connectivity index (χ3v) is 3.74. The molecule has 0 radical (unpaired) electrons. The first-order valence-corrected chi connectivity index (χ1v) is 6.71. The molecule has 4 heteroatoms. The SMILES string of the molecule is C=C(c1ccc(C)cc1Br)c1c(O)cc(F)cc1Cl. The van der Waals surface area contributed by atoms with Crippen molar-refractivity contribution < 1.29 is 9.50 Å². The molecule has 98 valence electrons. The van der Waals surface area contributed by atoms with Crippen LogP contribution in [-0.4, -0.2) is 5.11 Å². The maximum absolute atomic E-state index is 13.1. The normalized spacial score (nSPS) is 10.5. The summed E-state index contributed by atoms with van der Waals surface area (Å²) in [6, 6.07) is 7.92. The molecule has 0 bridgehead atoms. The summed E-state index contributed by atoms with van der Waals surface area (Å²) >= 11 is 9.44. The molecule has 19 heavy (non-hydrogen) atoms. The van der Waals surface area contributed by atoms with E-state index in [1.807, 2.05) is 25.1 Å². The predicted octanol–water partition coefficient (Wildman–Crippen LogP) is 5.32. The average molecular weight is 342 g/mol. The largest absolute Gasteiger partial charge is 0.507 e. The van der Waals surface area contributed by atoms with Crippen LogP contribution in [0.25, 0.3) is 5.57 Å². The average Bonchev–Trinajstić information content (AvgIpc) is 2.26. The van der Waals surface area contributed by atoms with Crippen molar-refractivity contribution >= 4 is 33.1 Å². The topological polar surface area (TPSA) is 20.2 Å². The molecule has 0 unspecified atom stereocenters. The quantitative estimate of drug-likeness (QED) is 0.784. The van der Waals surface area contributed by atoms with Gasteiger partial charge in [0.25, 0.3) is 0 Å². The third-order valence-electron chi connectivity index (χ3n) is 2.79. The Kier molecular flexibility index (Phi) is 3.97. The van der Waals surface area contributed by atoms with Gasteiger partial charge in [-0.15, -0.1) is 0 Å². The van der Waals surface area contributed by atoms with Gasteiger partial charge in [0.15, 0.2) is 0 Å². The van der Waals surface area contributed by atoms with E-state index in [-0.39, 0.29) is 10.8 Å². The number of rotatable bonds is 2. The van der Waals surface area contributed by atoms with E-state index in [2.05, 4.69) is 22.5 Å². The number of phenolic OH excluding ortho intramolecular Hbond substituents is 1. The molecule has 0 spiro atoms. The Labute approximate surface area is 124 Å². The first-order valence-electron chi connectivity index (χ1n) is 5.54. The van der Waals surface area contributed by atoms with Crippen LogP contribution < -0.4 is 0 Å². The van der Waals surface area contributed by atoms with E-state index in [9.17, 15) is 9.50 Å². The third kappa shape index (κ3) is 2.82. The number of hydrogen-bond acceptors (Lipinski definition) is 1. The predicted molar refractivity (Wildman–Crippen MR) is 80.1 cm³/mol. The number of benzene rings is 2. The van der Waals surface area contributed by atoms with Crippen LogP contribution in [0.4, 0.5) is 4.39 Å². The molecule has 0 heterocycles. The van der Waals surface area contributed by atoms with Crippen molar-refractivity contribution in [3.8, 4) is 5.75 Å². The minimum atomic E-state index is -0.581. The fourth-order valence-corrected chi connectivity index (χ4v) is 2.91. The zero-order valence-electron chi connectivity index (χ0n) is 10.2. The number of aryl methyl sites for hydroxylation is 1. The van der Waals surface area contributed by atoms with Crippen molar-refractivity contribution in [2.24, 2.45) is 0 Å². The molecule has 0 atom stereocenters. The summed E-state index contributed by atoms with van der Waals surface area (Å²) in [4.78, 5) is 0. The van der Waals surface area contributed by atoms with E-state index in [1.54, 1.807) is 0 Å².